The third-order valence-corrected chi connectivity index (χ3v) is 3.02. The molecule has 1 aromatic rings. The zero-order valence-corrected chi connectivity index (χ0v) is 10.4. The fourth-order valence-electron chi connectivity index (χ4n) is 2.07. The van der Waals surface area contributed by atoms with Crippen LogP contribution in [-0.2, 0) is 0 Å². The molecule has 1 unspecified atom stereocenters. The number of allylic oxidation sites excluding steroid dienone is 1. The number of nitrogens with one attached hydrogen (secondary N) is 1. The molecule has 0 amide bonds. The first-order chi connectivity index (χ1) is 9.24. The number of hydrogen-bond donors (Lipinski definition) is 2. The van der Waals surface area contributed by atoms with E-state index in [-0.39, 0.29) is 11.7 Å². The van der Waals surface area contributed by atoms with Crippen LogP contribution in [0.4, 0.5) is 11.4 Å². The summed E-state index contributed by atoms with van der Waals surface area (Å²) in [7, 11) is 0. The van der Waals surface area contributed by atoms with Gasteiger partial charge in [0.05, 0.1) is 17.5 Å². The van der Waals surface area contributed by atoms with E-state index in [1.807, 2.05) is 24.3 Å². The molecule has 5 nitrogen and oxygen atoms in total. The van der Waals surface area contributed by atoms with Gasteiger partial charge in [0.1, 0.15) is 17.7 Å². The molecule has 1 fully saturated rings. The number of benzene rings is 1. The molecule has 1 heterocycles. The fraction of sp³-hybridized carbons (Fsp3) is 0.286. The summed E-state index contributed by atoms with van der Waals surface area (Å²) in [5, 5.41) is 30.0. The lowest BCUT2D eigenvalue weighted by molar-refractivity contribution is 0.198. The van der Waals surface area contributed by atoms with Crippen LogP contribution in [0.3, 0.4) is 0 Å². The number of anilines is 2. The van der Waals surface area contributed by atoms with Gasteiger partial charge >= 0.3 is 0 Å². The average molecular weight is 254 g/mol. The maximum absolute atomic E-state index is 9.59. The first-order valence-corrected chi connectivity index (χ1v) is 6.03. The van der Waals surface area contributed by atoms with Gasteiger partial charge in [0.15, 0.2) is 0 Å². The first-order valence-electron chi connectivity index (χ1n) is 6.03. The Morgan fingerprint density at radius 3 is 2.74 bits per heavy atom. The van der Waals surface area contributed by atoms with Gasteiger partial charge in [-0.05, 0) is 18.6 Å². The molecule has 0 bridgehead atoms. The second kappa shape index (κ2) is 5.90. The quantitative estimate of drug-likeness (QED) is 0.800. The Morgan fingerprint density at radius 1 is 1.37 bits per heavy atom. The summed E-state index contributed by atoms with van der Waals surface area (Å²) in [5.74, 6) is 0. The molecule has 1 aliphatic rings. The molecule has 1 atom stereocenters. The van der Waals surface area contributed by atoms with Crippen molar-refractivity contribution in [3.8, 4) is 12.1 Å². The van der Waals surface area contributed by atoms with Gasteiger partial charge in [-0.2, -0.15) is 10.5 Å². The zero-order chi connectivity index (χ0) is 13.7. The first kappa shape index (κ1) is 12.9. The molecule has 5 heteroatoms. The van der Waals surface area contributed by atoms with E-state index in [9.17, 15) is 5.11 Å². The fourth-order valence-corrected chi connectivity index (χ4v) is 2.07. The molecule has 1 aromatic carbocycles. The highest BCUT2D eigenvalue weighted by Crippen LogP contribution is 2.28. The van der Waals surface area contributed by atoms with Crippen molar-refractivity contribution in [1.29, 1.82) is 10.5 Å². The zero-order valence-electron chi connectivity index (χ0n) is 10.4. The third kappa shape index (κ3) is 3.04. The molecule has 96 valence electrons. The largest absolute Gasteiger partial charge is 0.391 e. The number of para-hydroxylation sites is 2. The van der Waals surface area contributed by atoms with E-state index < -0.39 is 0 Å². The molecule has 2 N–H and O–H groups in total. The monoisotopic (exact) mass is 254 g/mol. The van der Waals surface area contributed by atoms with Crippen molar-refractivity contribution >= 4 is 11.4 Å². The minimum Gasteiger partial charge on any atom is -0.391 e. The van der Waals surface area contributed by atoms with E-state index >= 15 is 0 Å². The van der Waals surface area contributed by atoms with E-state index in [0.717, 1.165) is 24.3 Å². The Hall–Kier alpha value is -2.50. The summed E-state index contributed by atoms with van der Waals surface area (Å²) in [6, 6.07) is 11.2. The molecule has 0 radical (unpaired) electrons. The van der Waals surface area contributed by atoms with Crippen molar-refractivity contribution in [2.24, 2.45) is 0 Å². The predicted molar refractivity (Wildman–Crippen MR) is 72.2 cm³/mol. The molecule has 0 saturated carbocycles. The second-order valence-corrected chi connectivity index (χ2v) is 4.33. The smallest absolute Gasteiger partial charge is 0.145 e. The number of nitriles is 2. The van der Waals surface area contributed by atoms with E-state index in [1.54, 1.807) is 12.1 Å². The number of nitrogens with zero attached hydrogens (tertiary/aromatic N) is 3. The molecule has 0 spiro atoms. The summed E-state index contributed by atoms with van der Waals surface area (Å²) in [5.41, 5.74) is 1.81. The Balaban J connectivity index is 2.20. The SMILES string of the molecule is N#CC(C#N)=CNc1ccccc1N1CCC(O)C1. The summed E-state index contributed by atoms with van der Waals surface area (Å²) in [6.45, 7) is 1.40. The number of aliphatic hydroxyl groups is 1. The van der Waals surface area contributed by atoms with E-state index in [1.165, 1.54) is 6.20 Å². The van der Waals surface area contributed by atoms with Crippen molar-refractivity contribution < 1.29 is 5.11 Å². The van der Waals surface area contributed by atoms with Crippen LogP contribution in [0, 0.1) is 22.7 Å². The van der Waals surface area contributed by atoms with Crippen LogP contribution in [-0.4, -0.2) is 24.3 Å². The van der Waals surface area contributed by atoms with Gasteiger partial charge in [-0.25, -0.2) is 0 Å². The highest BCUT2D eigenvalue weighted by Gasteiger charge is 2.21. The van der Waals surface area contributed by atoms with E-state index in [4.69, 9.17) is 10.5 Å². The summed E-state index contributed by atoms with van der Waals surface area (Å²) in [6.07, 6.45) is 1.86. The van der Waals surface area contributed by atoms with Crippen LogP contribution in [0.25, 0.3) is 0 Å². The van der Waals surface area contributed by atoms with Gasteiger partial charge in [-0.1, -0.05) is 12.1 Å². The van der Waals surface area contributed by atoms with Gasteiger partial charge in [0.25, 0.3) is 0 Å². The number of hydrogen-bond acceptors (Lipinski definition) is 5. The van der Waals surface area contributed by atoms with Gasteiger partial charge in [0.2, 0.25) is 0 Å². The molecule has 0 aromatic heterocycles. The van der Waals surface area contributed by atoms with Gasteiger partial charge in [-0.15, -0.1) is 0 Å². The summed E-state index contributed by atoms with van der Waals surface area (Å²) < 4.78 is 0. The second-order valence-electron chi connectivity index (χ2n) is 4.33. The Bertz CT molecular complexity index is 552. The van der Waals surface area contributed by atoms with Gasteiger partial charge in [-0.3, -0.25) is 0 Å². The summed E-state index contributed by atoms with van der Waals surface area (Å²) in [4.78, 5) is 2.08. The van der Waals surface area contributed by atoms with Crippen molar-refractivity contribution in [1.82, 2.24) is 0 Å². The molecule has 19 heavy (non-hydrogen) atoms. The summed E-state index contributed by atoms with van der Waals surface area (Å²) >= 11 is 0. The highest BCUT2D eigenvalue weighted by molar-refractivity contribution is 5.71. The van der Waals surface area contributed by atoms with Crippen LogP contribution >= 0.6 is 0 Å². The topological polar surface area (TPSA) is 83.1 Å². The third-order valence-electron chi connectivity index (χ3n) is 3.02. The molecular formula is C14H14N4O. The molecular weight excluding hydrogens is 240 g/mol. The maximum atomic E-state index is 9.59. The lowest BCUT2D eigenvalue weighted by Gasteiger charge is -2.21. The van der Waals surface area contributed by atoms with Crippen LogP contribution in [0.5, 0.6) is 0 Å². The minimum absolute atomic E-state index is 0.0243. The van der Waals surface area contributed by atoms with E-state index in [0.29, 0.717) is 6.54 Å². The van der Waals surface area contributed by atoms with Gasteiger partial charge in [0, 0.05) is 19.3 Å². The molecule has 1 aliphatic heterocycles. The highest BCUT2D eigenvalue weighted by atomic mass is 16.3. The van der Waals surface area contributed by atoms with Crippen molar-refractivity contribution in [3.05, 3.63) is 36.0 Å². The normalized spacial score (nSPS) is 17.4. The predicted octanol–water partition coefficient (Wildman–Crippen LogP) is 1.60. The van der Waals surface area contributed by atoms with Gasteiger partial charge < -0.3 is 15.3 Å². The van der Waals surface area contributed by atoms with Crippen molar-refractivity contribution in [3.63, 3.8) is 0 Å². The lowest BCUT2D eigenvalue weighted by Crippen LogP contribution is -2.21. The molecule has 0 aliphatic carbocycles. The average Bonchev–Trinajstić information content (AvgIpc) is 2.87. The standard InChI is InChI=1S/C14H14N4O/c15-7-11(8-16)9-17-13-3-1-2-4-14(13)18-6-5-12(19)10-18/h1-4,9,12,17,19H,5-6,10H2. The number of rotatable bonds is 3. The van der Waals surface area contributed by atoms with Crippen molar-refractivity contribution in [2.75, 3.05) is 23.3 Å². The number of aliphatic hydroxyl groups excluding tert-OH is 1. The Kier molecular flexibility index (Phi) is 4.02. The Labute approximate surface area is 112 Å². The van der Waals surface area contributed by atoms with Crippen LogP contribution < -0.4 is 10.2 Å². The van der Waals surface area contributed by atoms with E-state index in [2.05, 4.69) is 10.2 Å². The molecule has 1 saturated heterocycles. The number of β-amino-alcohol motifs (C(OH)–C–C–N with tert-alkyl or cyclic N) is 1. The van der Waals surface area contributed by atoms with Crippen LogP contribution in [0.1, 0.15) is 6.42 Å². The van der Waals surface area contributed by atoms with Crippen LogP contribution in [0.2, 0.25) is 0 Å². The van der Waals surface area contributed by atoms with Crippen LogP contribution in [0.15, 0.2) is 36.0 Å². The lowest BCUT2D eigenvalue weighted by atomic mass is 10.2. The molecule has 2 rings (SSSR count). The van der Waals surface area contributed by atoms with Crippen molar-refractivity contribution in [2.45, 2.75) is 12.5 Å². The minimum atomic E-state index is -0.294. The maximum Gasteiger partial charge on any atom is 0.145 e. The Morgan fingerprint density at radius 2 is 2.11 bits per heavy atom.